The lowest BCUT2D eigenvalue weighted by Crippen LogP contribution is -2.01. The van der Waals surface area contributed by atoms with Crippen molar-refractivity contribution in [1.29, 1.82) is 0 Å². The van der Waals surface area contributed by atoms with Crippen molar-refractivity contribution >= 4 is 5.97 Å². The molecule has 0 radical (unpaired) electrons. The molecule has 0 N–H and O–H groups in total. The largest absolute Gasteiger partial charge is 0.457 e. The second kappa shape index (κ2) is 3.40. The van der Waals surface area contributed by atoms with Crippen LogP contribution in [0.4, 0.5) is 4.39 Å². The summed E-state index contributed by atoms with van der Waals surface area (Å²) in [5.41, 5.74) is 1.47. The summed E-state index contributed by atoms with van der Waals surface area (Å²) in [4.78, 5) is 10.9. The van der Waals surface area contributed by atoms with Gasteiger partial charge >= 0.3 is 5.97 Å². The normalized spacial score (nSPS) is 21.0. The summed E-state index contributed by atoms with van der Waals surface area (Å²) in [5, 5.41) is 0. The van der Waals surface area contributed by atoms with Crippen LogP contribution in [0.15, 0.2) is 18.2 Å². The number of esters is 1. The van der Waals surface area contributed by atoms with Gasteiger partial charge in [-0.2, -0.15) is 0 Å². The fourth-order valence-electron chi connectivity index (χ4n) is 1.65. The Morgan fingerprint density at radius 1 is 1.50 bits per heavy atom. The van der Waals surface area contributed by atoms with Gasteiger partial charge in [-0.1, -0.05) is 11.6 Å². The number of carbonyl (C=O) groups excluding carboxylic acids is 1. The summed E-state index contributed by atoms with van der Waals surface area (Å²) >= 11 is 0. The number of hydrogen-bond acceptors (Lipinski definition) is 2. The summed E-state index contributed by atoms with van der Waals surface area (Å²) in [6.45, 7) is 1.89. The van der Waals surface area contributed by atoms with Crippen molar-refractivity contribution in [2.24, 2.45) is 0 Å². The van der Waals surface area contributed by atoms with E-state index in [1.165, 1.54) is 6.07 Å². The van der Waals surface area contributed by atoms with Crippen LogP contribution >= 0.6 is 0 Å². The van der Waals surface area contributed by atoms with Crippen molar-refractivity contribution < 1.29 is 13.9 Å². The third-order valence-corrected chi connectivity index (χ3v) is 2.38. The van der Waals surface area contributed by atoms with Crippen molar-refractivity contribution in [3.63, 3.8) is 0 Å². The van der Waals surface area contributed by atoms with Crippen LogP contribution in [-0.2, 0) is 9.53 Å². The smallest absolute Gasteiger partial charge is 0.306 e. The first-order valence-electron chi connectivity index (χ1n) is 4.62. The predicted octanol–water partition coefficient (Wildman–Crippen LogP) is 2.51. The summed E-state index contributed by atoms with van der Waals surface area (Å²) in [6.07, 6.45) is 0.583. The van der Waals surface area contributed by atoms with Crippen LogP contribution in [-0.4, -0.2) is 5.97 Å². The van der Waals surface area contributed by atoms with Crippen LogP contribution < -0.4 is 0 Å². The van der Waals surface area contributed by atoms with Gasteiger partial charge in [-0.3, -0.25) is 4.79 Å². The van der Waals surface area contributed by atoms with Crippen LogP contribution in [0, 0.1) is 12.7 Å². The molecular weight excluding hydrogens is 183 g/mol. The number of ether oxygens (including phenoxy) is 1. The van der Waals surface area contributed by atoms with E-state index in [1.807, 2.05) is 6.92 Å². The Morgan fingerprint density at radius 3 is 2.93 bits per heavy atom. The van der Waals surface area contributed by atoms with Crippen LogP contribution in [0.5, 0.6) is 0 Å². The lowest BCUT2D eigenvalue weighted by Gasteiger charge is -2.10. The third kappa shape index (κ3) is 1.62. The molecular formula is C11H11FO2. The molecule has 2 rings (SSSR count). The minimum atomic E-state index is -0.387. The Labute approximate surface area is 81.7 Å². The minimum absolute atomic E-state index is 0.240. The Hall–Kier alpha value is -1.38. The molecule has 1 aromatic rings. The molecule has 3 heteroatoms. The summed E-state index contributed by atoms with van der Waals surface area (Å²) in [5.74, 6) is -0.536. The van der Waals surface area contributed by atoms with E-state index in [-0.39, 0.29) is 17.9 Å². The minimum Gasteiger partial charge on any atom is -0.457 e. The predicted molar refractivity (Wildman–Crippen MR) is 49.2 cm³/mol. The monoisotopic (exact) mass is 194 g/mol. The number of halogens is 1. The van der Waals surface area contributed by atoms with E-state index in [0.29, 0.717) is 18.4 Å². The van der Waals surface area contributed by atoms with Gasteiger partial charge < -0.3 is 4.74 Å². The van der Waals surface area contributed by atoms with E-state index >= 15 is 0 Å². The molecule has 0 aliphatic carbocycles. The van der Waals surface area contributed by atoms with Crippen LogP contribution in [0.2, 0.25) is 0 Å². The van der Waals surface area contributed by atoms with Crippen LogP contribution in [0.3, 0.4) is 0 Å². The Kier molecular flexibility index (Phi) is 2.23. The van der Waals surface area contributed by atoms with Gasteiger partial charge in [0.05, 0.1) is 0 Å². The zero-order valence-electron chi connectivity index (χ0n) is 7.92. The van der Waals surface area contributed by atoms with Crippen molar-refractivity contribution in [3.05, 3.63) is 35.1 Å². The molecule has 0 aromatic heterocycles. The molecule has 1 atom stereocenters. The molecule has 1 aliphatic heterocycles. The van der Waals surface area contributed by atoms with E-state index in [1.54, 1.807) is 12.1 Å². The fraction of sp³-hybridized carbons (Fsp3) is 0.364. The molecule has 1 unspecified atom stereocenters. The molecule has 1 aromatic carbocycles. The van der Waals surface area contributed by atoms with Crippen molar-refractivity contribution in [3.8, 4) is 0 Å². The average molecular weight is 194 g/mol. The van der Waals surface area contributed by atoms with E-state index in [0.717, 1.165) is 5.56 Å². The van der Waals surface area contributed by atoms with E-state index < -0.39 is 0 Å². The topological polar surface area (TPSA) is 26.3 Å². The van der Waals surface area contributed by atoms with Gasteiger partial charge in [-0.15, -0.1) is 0 Å². The van der Waals surface area contributed by atoms with Crippen molar-refractivity contribution in [2.75, 3.05) is 0 Å². The van der Waals surface area contributed by atoms with Crippen molar-refractivity contribution in [2.45, 2.75) is 25.9 Å². The van der Waals surface area contributed by atoms with Crippen LogP contribution in [0.25, 0.3) is 0 Å². The quantitative estimate of drug-likeness (QED) is 0.642. The standard InChI is InChI=1S/C11H11FO2/c1-7-2-3-9(12)8(6-7)10-4-5-11(13)14-10/h2-3,6,10H,4-5H2,1H3. The molecule has 14 heavy (non-hydrogen) atoms. The molecule has 1 fully saturated rings. The Morgan fingerprint density at radius 2 is 2.29 bits per heavy atom. The van der Waals surface area contributed by atoms with Gasteiger partial charge in [0, 0.05) is 12.0 Å². The Balaban J connectivity index is 2.31. The average Bonchev–Trinajstić information content (AvgIpc) is 2.56. The second-order valence-corrected chi connectivity index (χ2v) is 3.54. The molecule has 0 amide bonds. The SMILES string of the molecule is Cc1ccc(F)c(C2CCC(=O)O2)c1. The highest BCUT2D eigenvalue weighted by Crippen LogP contribution is 2.31. The summed E-state index contributed by atoms with van der Waals surface area (Å²) < 4.78 is 18.4. The molecule has 1 aliphatic rings. The molecule has 0 spiro atoms. The lowest BCUT2D eigenvalue weighted by atomic mass is 10.0. The summed E-state index contributed by atoms with van der Waals surface area (Å²) in [6, 6.07) is 4.85. The molecule has 2 nitrogen and oxygen atoms in total. The van der Waals surface area contributed by atoms with Crippen LogP contribution in [0.1, 0.15) is 30.1 Å². The van der Waals surface area contributed by atoms with Gasteiger partial charge in [-0.25, -0.2) is 4.39 Å². The van der Waals surface area contributed by atoms with E-state index in [4.69, 9.17) is 4.74 Å². The first-order valence-corrected chi connectivity index (χ1v) is 4.62. The number of rotatable bonds is 1. The van der Waals surface area contributed by atoms with Gasteiger partial charge in [0.1, 0.15) is 11.9 Å². The fourth-order valence-corrected chi connectivity index (χ4v) is 1.65. The number of benzene rings is 1. The maximum Gasteiger partial charge on any atom is 0.306 e. The van der Waals surface area contributed by atoms with E-state index in [9.17, 15) is 9.18 Å². The number of hydrogen-bond donors (Lipinski definition) is 0. The maximum atomic E-state index is 13.4. The number of cyclic esters (lactones) is 1. The molecule has 0 bridgehead atoms. The number of carbonyl (C=O) groups is 1. The highest BCUT2D eigenvalue weighted by molar-refractivity contribution is 5.71. The molecule has 1 saturated heterocycles. The van der Waals surface area contributed by atoms with Crippen molar-refractivity contribution in [1.82, 2.24) is 0 Å². The third-order valence-electron chi connectivity index (χ3n) is 2.38. The van der Waals surface area contributed by atoms with Gasteiger partial charge in [0.2, 0.25) is 0 Å². The van der Waals surface area contributed by atoms with E-state index in [2.05, 4.69) is 0 Å². The Bertz CT molecular complexity index is 374. The number of aryl methyl sites for hydroxylation is 1. The first-order chi connectivity index (χ1) is 6.66. The molecule has 0 saturated carbocycles. The maximum absolute atomic E-state index is 13.4. The second-order valence-electron chi connectivity index (χ2n) is 3.54. The lowest BCUT2D eigenvalue weighted by molar-refractivity contribution is -0.141. The molecule has 1 heterocycles. The zero-order chi connectivity index (χ0) is 10.1. The summed E-state index contributed by atoms with van der Waals surface area (Å²) in [7, 11) is 0. The van der Waals surface area contributed by atoms with Gasteiger partial charge in [0.15, 0.2) is 0 Å². The van der Waals surface area contributed by atoms with Gasteiger partial charge in [0.25, 0.3) is 0 Å². The molecule has 74 valence electrons. The van der Waals surface area contributed by atoms with Gasteiger partial charge in [-0.05, 0) is 25.5 Å². The highest BCUT2D eigenvalue weighted by Gasteiger charge is 2.26. The zero-order valence-corrected chi connectivity index (χ0v) is 7.92. The highest BCUT2D eigenvalue weighted by atomic mass is 19.1. The first kappa shape index (κ1) is 9.19.